The van der Waals surface area contributed by atoms with Gasteiger partial charge in [0.15, 0.2) is 0 Å². The van der Waals surface area contributed by atoms with E-state index in [2.05, 4.69) is 55.5 Å². The molecule has 0 saturated carbocycles. The van der Waals surface area contributed by atoms with Gasteiger partial charge in [-0.05, 0) is 77.2 Å². The molecule has 0 aliphatic heterocycles. The van der Waals surface area contributed by atoms with Gasteiger partial charge in [-0.3, -0.25) is 4.79 Å². The first kappa shape index (κ1) is 19.8. The average molecular weight is 452 g/mol. The van der Waals surface area contributed by atoms with Crippen LogP contribution in [-0.2, 0) is 24.2 Å². The second kappa shape index (κ2) is 9.22. The number of hydrogen-bond donors (Lipinski definition) is 0. The van der Waals surface area contributed by atoms with Crippen molar-refractivity contribution >= 4 is 28.6 Å². The van der Waals surface area contributed by atoms with Crippen molar-refractivity contribution in [1.29, 1.82) is 0 Å². The molecule has 0 unspecified atom stereocenters. The van der Waals surface area contributed by atoms with E-state index in [4.69, 9.17) is 9.47 Å². The molecule has 0 atom stereocenters. The Labute approximate surface area is 163 Å². The molecule has 0 aromatic heterocycles. The van der Waals surface area contributed by atoms with E-state index < -0.39 is 0 Å². The molecule has 2 aromatic carbocycles. The second-order valence-electron chi connectivity index (χ2n) is 5.93. The van der Waals surface area contributed by atoms with Gasteiger partial charge < -0.3 is 9.47 Å². The standard InChI is InChI=1S/C21H25IO3/c1-5-15-12-16(6-2)20(11-14(15)4)24-13-17-18(22)9-8-10-19(17)25-21(23)7-3/h8-12H,5-7,13H2,1-4H3. The number of rotatable bonds is 7. The van der Waals surface area contributed by atoms with Gasteiger partial charge in [0, 0.05) is 15.6 Å². The summed E-state index contributed by atoms with van der Waals surface area (Å²) >= 11 is 2.25. The van der Waals surface area contributed by atoms with Gasteiger partial charge >= 0.3 is 5.97 Å². The smallest absolute Gasteiger partial charge is 0.310 e. The van der Waals surface area contributed by atoms with E-state index in [-0.39, 0.29) is 5.97 Å². The third-order valence-electron chi connectivity index (χ3n) is 4.24. The van der Waals surface area contributed by atoms with Crippen molar-refractivity contribution in [2.24, 2.45) is 0 Å². The summed E-state index contributed by atoms with van der Waals surface area (Å²) in [5.41, 5.74) is 4.72. The molecule has 4 heteroatoms. The van der Waals surface area contributed by atoms with E-state index in [1.807, 2.05) is 18.2 Å². The number of aryl methyl sites for hydroxylation is 3. The first-order chi connectivity index (χ1) is 12.0. The quantitative estimate of drug-likeness (QED) is 0.311. The van der Waals surface area contributed by atoms with Crippen molar-refractivity contribution in [2.45, 2.75) is 53.6 Å². The lowest BCUT2D eigenvalue weighted by Crippen LogP contribution is -2.10. The summed E-state index contributed by atoms with van der Waals surface area (Å²) in [6.07, 6.45) is 2.29. The maximum atomic E-state index is 11.7. The molecule has 0 aliphatic carbocycles. The lowest BCUT2D eigenvalue weighted by molar-refractivity contribution is -0.134. The van der Waals surface area contributed by atoms with Gasteiger partial charge in [-0.2, -0.15) is 0 Å². The number of halogens is 1. The van der Waals surface area contributed by atoms with Crippen molar-refractivity contribution in [1.82, 2.24) is 0 Å². The molecule has 0 heterocycles. The van der Waals surface area contributed by atoms with Gasteiger partial charge in [-0.15, -0.1) is 0 Å². The topological polar surface area (TPSA) is 35.5 Å². The van der Waals surface area contributed by atoms with E-state index >= 15 is 0 Å². The molecule has 134 valence electrons. The number of carbonyl (C=O) groups excluding carboxylic acids is 1. The fourth-order valence-electron chi connectivity index (χ4n) is 2.69. The summed E-state index contributed by atoms with van der Waals surface area (Å²) in [5, 5.41) is 0. The summed E-state index contributed by atoms with van der Waals surface area (Å²) in [7, 11) is 0. The molecule has 3 nitrogen and oxygen atoms in total. The Morgan fingerprint density at radius 2 is 1.76 bits per heavy atom. The van der Waals surface area contributed by atoms with E-state index in [1.165, 1.54) is 16.7 Å². The summed E-state index contributed by atoms with van der Waals surface area (Å²) in [6.45, 7) is 8.59. The van der Waals surface area contributed by atoms with Crippen LogP contribution in [0.3, 0.4) is 0 Å². The van der Waals surface area contributed by atoms with Crippen LogP contribution in [0.4, 0.5) is 0 Å². The first-order valence-electron chi connectivity index (χ1n) is 8.73. The van der Waals surface area contributed by atoms with Crippen molar-refractivity contribution in [2.75, 3.05) is 0 Å². The van der Waals surface area contributed by atoms with Crippen molar-refractivity contribution in [3.8, 4) is 11.5 Å². The summed E-state index contributed by atoms with van der Waals surface area (Å²) in [6, 6.07) is 10.1. The van der Waals surface area contributed by atoms with Gasteiger partial charge in [-0.25, -0.2) is 0 Å². The number of hydrogen-bond acceptors (Lipinski definition) is 3. The lowest BCUT2D eigenvalue weighted by atomic mass is 10.0. The highest BCUT2D eigenvalue weighted by molar-refractivity contribution is 14.1. The zero-order valence-corrected chi connectivity index (χ0v) is 17.5. The number of esters is 1. The Balaban J connectivity index is 2.27. The van der Waals surface area contributed by atoms with E-state index in [0.29, 0.717) is 18.8 Å². The van der Waals surface area contributed by atoms with E-state index in [9.17, 15) is 4.79 Å². The maximum Gasteiger partial charge on any atom is 0.310 e. The molecule has 2 rings (SSSR count). The van der Waals surface area contributed by atoms with Crippen molar-refractivity contribution < 1.29 is 14.3 Å². The highest BCUT2D eigenvalue weighted by Crippen LogP contribution is 2.29. The van der Waals surface area contributed by atoms with Crippen LogP contribution in [0.2, 0.25) is 0 Å². The summed E-state index contributed by atoms with van der Waals surface area (Å²) in [4.78, 5) is 11.7. The van der Waals surface area contributed by atoms with Gasteiger partial charge in [0.1, 0.15) is 18.1 Å². The highest BCUT2D eigenvalue weighted by atomic mass is 127. The van der Waals surface area contributed by atoms with Crippen LogP contribution >= 0.6 is 22.6 Å². The number of ether oxygens (including phenoxy) is 2. The Bertz CT molecular complexity index is 753. The van der Waals surface area contributed by atoms with Crippen LogP contribution in [0.1, 0.15) is 49.4 Å². The minimum Gasteiger partial charge on any atom is -0.488 e. The van der Waals surface area contributed by atoms with Gasteiger partial charge in [0.2, 0.25) is 0 Å². The monoisotopic (exact) mass is 452 g/mol. The molecular formula is C21H25IO3. The van der Waals surface area contributed by atoms with Crippen LogP contribution in [-0.4, -0.2) is 5.97 Å². The van der Waals surface area contributed by atoms with Crippen LogP contribution in [0.15, 0.2) is 30.3 Å². The van der Waals surface area contributed by atoms with E-state index in [0.717, 1.165) is 27.7 Å². The Morgan fingerprint density at radius 3 is 2.40 bits per heavy atom. The van der Waals surface area contributed by atoms with Crippen LogP contribution in [0.25, 0.3) is 0 Å². The highest BCUT2D eigenvalue weighted by Gasteiger charge is 2.13. The Morgan fingerprint density at radius 1 is 1.04 bits per heavy atom. The third kappa shape index (κ3) is 4.97. The van der Waals surface area contributed by atoms with Crippen LogP contribution in [0.5, 0.6) is 11.5 Å². The zero-order valence-electron chi connectivity index (χ0n) is 15.3. The normalized spacial score (nSPS) is 10.6. The zero-order chi connectivity index (χ0) is 18.4. The molecule has 0 bridgehead atoms. The molecule has 0 spiro atoms. The average Bonchev–Trinajstić information content (AvgIpc) is 2.61. The fraction of sp³-hybridized carbons (Fsp3) is 0.381. The molecule has 25 heavy (non-hydrogen) atoms. The minimum absolute atomic E-state index is 0.236. The second-order valence-corrected chi connectivity index (χ2v) is 7.09. The summed E-state index contributed by atoms with van der Waals surface area (Å²) in [5.74, 6) is 1.25. The predicted octanol–water partition coefficient (Wildman–Crippen LogP) is 5.62. The molecule has 0 saturated heterocycles. The lowest BCUT2D eigenvalue weighted by Gasteiger charge is -2.16. The minimum atomic E-state index is -0.236. The fourth-order valence-corrected chi connectivity index (χ4v) is 3.32. The first-order valence-corrected chi connectivity index (χ1v) is 9.81. The Hall–Kier alpha value is -1.56. The predicted molar refractivity (Wildman–Crippen MR) is 109 cm³/mol. The third-order valence-corrected chi connectivity index (χ3v) is 5.25. The van der Waals surface area contributed by atoms with Gasteiger partial charge in [0.25, 0.3) is 0 Å². The SMILES string of the molecule is CCC(=O)Oc1cccc(I)c1COc1cc(C)c(CC)cc1CC. The number of carbonyl (C=O) groups is 1. The molecule has 0 amide bonds. The number of benzene rings is 2. The van der Waals surface area contributed by atoms with Crippen LogP contribution in [0, 0.1) is 10.5 Å². The van der Waals surface area contributed by atoms with Crippen molar-refractivity contribution in [3.05, 3.63) is 56.2 Å². The largest absolute Gasteiger partial charge is 0.488 e. The van der Waals surface area contributed by atoms with Gasteiger partial charge in [-0.1, -0.05) is 32.9 Å². The molecular weight excluding hydrogens is 427 g/mol. The van der Waals surface area contributed by atoms with Gasteiger partial charge in [0.05, 0.1) is 0 Å². The van der Waals surface area contributed by atoms with Crippen LogP contribution < -0.4 is 9.47 Å². The molecule has 0 fully saturated rings. The molecule has 0 aliphatic rings. The van der Waals surface area contributed by atoms with E-state index in [1.54, 1.807) is 6.92 Å². The Kier molecular flexibility index (Phi) is 7.29. The summed E-state index contributed by atoms with van der Waals surface area (Å²) < 4.78 is 12.6. The molecule has 2 aromatic rings. The maximum absolute atomic E-state index is 11.7. The molecule has 0 N–H and O–H groups in total. The van der Waals surface area contributed by atoms with Crippen molar-refractivity contribution in [3.63, 3.8) is 0 Å². The molecule has 0 radical (unpaired) electrons.